The third kappa shape index (κ3) is 5.34. The summed E-state index contributed by atoms with van der Waals surface area (Å²) >= 11 is 0. The van der Waals surface area contributed by atoms with E-state index in [9.17, 15) is 9.59 Å². The van der Waals surface area contributed by atoms with Crippen LogP contribution in [0.25, 0.3) is 0 Å². The predicted molar refractivity (Wildman–Crippen MR) is 92.6 cm³/mol. The molecule has 1 N–H and O–H groups in total. The number of Topliss-reactive ketones (excluding diaryl/α,β-unsaturated/α-hetero) is 1. The molecule has 0 spiro atoms. The standard InChI is InChI=1S/C19H22N2O2/c1-14-7-9-16(10-8-14)12-21(3)13-19(23)20-18-6-4-5-17(11-18)15(2)22/h4-11H,12-13H2,1-3H3,(H,20,23). The lowest BCUT2D eigenvalue weighted by atomic mass is 10.1. The van der Waals surface area contributed by atoms with E-state index in [-0.39, 0.29) is 18.2 Å². The molecule has 0 aliphatic rings. The van der Waals surface area contributed by atoms with Crippen molar-refractivity contribution in [1.82, 2.24) is 4.90 Å². The Kier molecular flexibility index (Phi) is 5.66. The summed E-state index contributed by atoms with van der Waals surface area (Å²) in [4.78, 5) is 25.4. The van der Waals surface area contributed by atoms with Gasteiger partial charge in [-0.25, -0.2) is 0 Å². The zero-order valence-electron chi connectivity index (χ0n) is 13.8. The van der Waals surface area contributed by atoms with Gasteiger partial charge in [-0.05, 0) is 38.6 Å². The fraction of sp³-hybridized carbons (Fsp3) is 0.263. The number of likely N-dealkylation sites (N-methyl/N-ethyl adjacent to an activating group) is 1. The molecule has 2 aromatic carbocycles. The minimum atomic E-state index is -0.0969. The molecule has 0 radical (unpaired) electrons. The lowest BCUT2D eigenvalue weighted by molar-refractivity contribution is -0.117. The molecule has 0 heterocycles. The summed E-state index contributed by atoms with van der Waals surface area (Å²) in [6.45, 7) is 4.56. The Morgan fingerprint density at radius 2 is 1.78 bits per heavy atom. The topological polar surface area (TPSA) is 49.4 Å². The maximum Gasteiger partial charge on any atom is 0.238 e. The Morgan fingerprint density at radius 1 is 1.09 bits per heavy atom. The van der Waals surface area contributed by atoms with Crippen LogP contribution < -0.4 is 5.32 Å². The van der Waals surface area contributed by atoms with Crippen LogP contribution in [-0.2, 0) is 11.3 Å². The van der Waals surface area contributed by atoms with Gasteiger partial charge in [0.05, 0.1) is 6.54 Å². The van der Waals surface area contributed by atoms with Crippen molar-refractivity contribution in [3.63, 3.8) is 0 Å². The number of nitrogens with zero attached hydrogens (tertiary/aromatic N) is 1. The Hall–Kier alpha value is -2.46. The molecular weight excluding hydrogens is 288 g/mol. The Labute approximate surface area is 137 Å². The zero-order valence-corrected chi connectivity index (χ0v) is 13.8. The van der Waals surface area contributed by atoms with Gasteiger partial charge in [-0.3, -0.25) is 14.5 Å². The number of rotatable bonds is 6. The highest BCUT2D eigenvalue weighted by Gasteiger charge is 2.08. The molecule has 4 nitrogen and oxygen atoms in total. The molecule has 0 saturated heterocycles. The molecule has 0 bridgehead atoms. The predicted octanol–water partition coefficient (Wildman–Crippen LogP) is 3.27. The van der Waals surface area contributed by atoms with Crippen molar-refractivity contribution in [1.29, 1.82) is 0 Å². The van der Waals surface area contributed by atoms with Crippen molar-refractivity contribution in [2.75, 3.05) is 18.9 Å². The minimum absolute atomic E-state index is 0.0161. The molecule has 0 unspecified atom stereocenters. The molecule has 0 aliphatic carbocycles. The van der Waals surface area contributed by atoms with Crippen molar-refractivity contribution in [3.8, 4) is 0 Å². The van der Waals surface area contributed by atoms with E-state index in [1.165, 1.54) is 18.1 Å². The summed E-state index contributed by atoms with van der Waals surface area (Å²) in [6.07, 6.45) is 0. The number of amides is 1. The molecule has 4 heteroatoms. The van der Waals surface area contributed by atoms with Crippen LogP contribution in [-0.4, -0.2) is 30.2 Å². The summed E-state index contributed by atoms with van der Waals surface area (Å²) in [5.41, 5.74) is 3.63. The number of hydrogen-bond donors (Lipinski definition) is 1. The van der Waals surface area contributed by atoms with Crippen molar-refractivity contribution in [2.45, 2.75) is 20.4 Å². The van der Waals surface area contributed by atoms with Gasteiger partial charge in [-0.2, -0.15) is 0 Å². The summed E-state index contributed by atoms with van der Waals surface area (Å²) < 4.78 is 0. The number of carbonyl (C=O) groups excluding carboxylic acids is 2. The van der Waals surface area contributed by atoms with Crippen LogP contribution in [0, 0.1) is 6.92 Å². The number of benzene rings is 2. The quantitative estimate of drug-likeness (QED) is 0.833. The third-order valence-electron chi connectivity index (χ3n) is 3.54. The lowest BCUT2D eigenvalue weighted by Gasteiger charge is -2.16. The van der Waals surface area contributed by atoms with Gasteiger partial charge in [0.1, 0.15) is 0 Å². The summed E-state index contributed by atoms with van der Waals surface area (Å²) in [7, 11) is 1.91. The first-order valence-electron chi connectivity index (χ1n) is 7.59. The molecular formula is C19H22N2O2. The first-order chi connectivity index (χ1) is 10.9. The molecule has 0 saturated carbocycles. The number of ketones is 1. The van der Waals surface area contributed by atoms with Gasteiger partial charge >= 0.3 is 0 Å². The summed E-state index contributed by atoms with van der Waals surface area (Å²) in [5, 5.41) is 2.83. The van der Waals surface area contributed by atoms with Crippen LogP contribution in [0.3, 0.4) is 0 Å². The molecule has 2 rings (SSSR count). The normalized spacial score (nSPS) is 10.6. The lowest BCUT2D eigenvalue weighted by Crippen LogP contribution is -2.29. The zero-order chi connectivity index (χ0) is 16.8. The molecule has 1 amide bonds. The van der Waals surface area contributed by atoms with E-state index in [2.05, 4.69) is 36.5 Å². The molecule has 2 aromatic rings. The molecule has 23 heavy (non-hydrogen) atoms. The highest BCUT2D eigenvalue weighted by atomic mass is 16.2. The van der Waals surface area contributed by atoms with Gasteiger partial charge in [0.25, 0.3) is 0 Å². The molecule has 0 fully saturated rings. The van der Waals surface area contributed by atoms with Crippen LogP contribution in [0.5, 0.6) is 0 Å². The highest BCUT2D eigenvalue weighted by Crippen LogP contribution is 2.11. The van der Waals surface area contributed by atoms with Crippen molar-refractivity contribution >= 4 is 17.4 Å². The van der Waals surface area contributed by atoms with Crippen LogP contribution in [0.1, 0.15) is 28.4 Å². The number of aryl methyl sites for hydroxylation is 1. The second-order valence-electron chi connectivity index (χ2n) is 5.84. The minimum Gasteiger partial charge on any atom is -0.325 e. The number of hydrogen-bond acceptors (Lipinski definition) is 3. The Balaban J connectivity index is 1.90. The fourth-order valence-electron chi connectivity index (χ4n) is 2.32. The number of carbonyl (C=O) groups is 2. The number of nitrogens with one attached hydrogen (secondary N) is 1. The molecule has 0 atom stereocenters. The molecule has 0 aromatic heterocycles. The second-order valence-corrected chi connectivity index (χ2v) is 5.84. The highest BCUT2D eigenvalue weighted by molar-refractivity contribution is 5.97. The van der Waals surface area contributed by atoms with Crippen molar-refractivity contribution < 1.29 is 9.59 Å². The average molecular weight is 310 g/mol. The molecule has 120 valence electrons. The van der Waals surface area contributed by atoms with E-state index in [0.717, 1.165) is 0 Å². The summed E-state index contributed by atoms with van der Waals surface area (Å²) in [5.74, 6) is -0.113. The van der Waals surface area contributed by atoms with Gasteiger partial charge in [0, 0.05) is 17.8 Å². The average Bonchev–Trinajstić information content (AvgIpc) is 2.49. The van der Waals surface area contributed by atoms with E-state index >= 15 is 0 Å². The Bertz CT molecular complexity index is 693. The van der Waals surface area contributed by atoms with Gasteiger partial charge in [-0.15, -0.1) is 0 Å². The van der Waals surface area contributed by atoms with E-state index in [1.54, 1.807) is 24.3 Å². The van der Waals surface area contributed by atoms with Crippen molar-refractivity contribution in [2.24, 2.45) is 0 Å². The van der Waals surface area contributed by atoms with Crippen molar-refractivity contribution in [3.05, 3.63) is 65.2 Å². The van der Waals surface area contributed by atoms with E-state index in [4.69, 9.17) is 0 Å². The van der Waals surface area contributed by atoms with E-state index < -0.39 is 0 Å². The van der Waals surface area contributed by atoms with E-state index in [0.29, 0.717) is 17.8 Å². The molecule has 0 aliphatic heterocycles. The van der Waals surface area contributed by atoms with Crippen LogP contribution in [0.2, 0.25) is 0 Å². The van der Waals surface area contributed by atoms with Crippen LogP contribution in [0.4, 0.5) is 5.69 Å². The van der Waals surface area contributed by atoms with Crippen LogP contribution in [0.15, 0.2) is 48.5 Å². The van der Waals surface area contributed by atoms with Crippen LogP contribution >= 0.6 is 0 Å². The Morgan fingerprint density at radius 3 is 2.43 bits per heavy atom. The van der Waals surface area contributed by atoms with Gasteiger partial charge < -0.3 is 5.32 Å². The number of anilines is 1. The largest absolute Gasteiger partial charge is 0.325 e. The van der Waals surface area contributed by atoms with Gasteiger partial charge in [0.15, 0.2) is 5.78 Å². The van der Waals surface area contributed by atoms with E-state index in [1.807, 2.05) is 11.9 Å². The maximum absolute atomic E-state index is 12.1. The SMILES string of the molecule is CC(=O)c1cccc(NC(=O)CN(C)Cc2ccc(C)cc2)c1. The smallest absolute Gasteiger partial charge is 0.238 e. The fourth-order valence-corrected chi connectivity index (χ4v) is 2.32. The second kappa shape index (κ2) is 7.70. The monoisotopic (exact) mass is 310 g/mol. The first kappa shape index (κ1) is 16.9. The van der Waals surface area contributed by atoms with Gasteiger partial charge in [0.2, 0.25) is 5.91 Å². The maximum atomic E-state index is 12.1. The first-order valence-corrected chi connectivity index (χ1v) is 7.59. The summed E-state index contributed by atoms with van der Waals surface area (Å²) in [6, 6.07) is 15.3. The van der Waals surface area contributed by atoms with Gasteiger partial charge in [-0.1, -0.05) is 42.0 Å². The third-order valence-corrected chi connectivity index (χ3v) is 3.54.